The van der Waals surface area contributed by atoms with Gasteiger partial charge in [0.1, 0.15) is 0 Å². The molecule has 1 atom stereocenters. The highest BCUT2D eigenvalue weighted by atomic mass is 16.4. The van der Waals surface area contributed by atoms with Gasteiger partial charge in [0.05, 0.1) is 0 Å². The van der Waals surface area contributed by atoms with Gasteiger partial charge in [-0.25, -0.2) is 9.59 Å². The Labute approximate surface area is 117 Å². The number of aliphatic carboxylic acids is 1. The number of rotatable bonds is 2. The summed E-state index contributed by atoms with van der Waals surface area (Å²) in [7, 11) is 0. The highest BCUT2D eigenvalue weighted by molar-refractivity contribution is 6.02. The van der Waals surface area contributed by atoms with Gasteiger partial charge < -0.3 is 10.0 Å². The van der Waals surface area contributed by atoms with E-state index in [-0.39, 0.29) is 0 Å². The zero-order valence-corrected chi connectivity index (χ0v) is 11.2. The fraction of sp³-hybridized carbons (Fsp3) is 0.615. The largest absolute Gasteiger partial charge is 0.478 e. The highest BCUT2D eigenvalue weighted by Gasteiger charge is 2.31. The molecule has 2 fully saturated rings. The van der Waals surface area contributed by atoms with E-state index in [0.29, 0.717) is 25.2 Å². The van der Waals surface area contributed by atoms with Crippen molar-refractivity contribution in [1.82, 2.24) is 15.1 Å². The molecule has 0 saturated carbocycles. The first-order valence-electron chi connectivity index (χ1n) is 6.81. The van der Waals surface area contributed by atoms with Crippen molar-refractivity contribution in [2.75, 3.05) is 26.2 Å². The predicted molar refractivity (Wildman–Crippen MR) is 71.1 cm³/mol. The van der Waals surface area contributed by atoms with Crippen LogP contribution in [0.2, 0.25) is 0 Å². The Kier molecular flexibility index (Phi) is 4.73. The van der Waals surface area contributed by atoms with Crippen LogP contribution in [0.4, 0.5) is 4.79 Å². The Morgan fingerprint density at radius 2 is 1.90 bits per heavy atom. The molecule has 7 nitrogen and oxygen atoms in total. The topological polar surface area (TPSA) is 89.9 Å². The number of piperidine rings is 1. The van der Waals surface area contributed by atoms with Crippen molar-refractivity contribution in [1.29, 1.82) is 0 Å². The Bertz CT molecular complexity index is 435. The number of nitrogens with zero attached hydrogens (tertiary/aromatic N) is 2. The number of carbonyl (C=O) groups excluding carboxylic acids is 2. The molecule has 20 heavy (non-hydrogen) atoms. The molecule has 7 heteroatoms. The van der Waals surface area contributed by atoms with E-state index >= 15 is 0 Å². The molecular weight excluding hydrogens is 262 g/mol. The fourth-order valence-corrected chi connectivity index (χ4v) is 2.71. The van der Waals surface area contributed by atoms with Gasteiger partial charge in [-0.3, -0.25) is 15.0 Å². The van der Waals surface area contributed by atoms with Crippen LogP contribution in [0.3, 0.4) is 0 Å². The van der Waals surface area contributed by atoms with Gasteiger partial charge in [0.15, 0.2) is 0 Å². The molecule has 2 aliphatic rings. The molecule has 0 spiro atoms. The Hall–Kier alpha value is -1.89. The van der Waals surface area contributed by atoms with Gasteiger partial charge in [-0.15, -0.1) is 0 Å². The maximum absolute atomic E-state index is 11.9. The van der Waals surface area contributed by atoms with E-state index in [9.17, 15) is 14.4 Å². The lowest BCUT2D eigenvalue weighted by atomic mass is 10.00. The number of carboxylic acids is 1. The van der Waals surface area contributed by atoms with Crippen molar-refractivity contribution < 1.29 is 19.5 Å². The summed E-state index contributed by atoms with van der Waals surface area (Å²) in [6.45, 7) is 3.14. The third kappa shape index (κ3) is 3.80. The maximum Gasteiger partial charge on any atom is 0.328 e. The first-order chi connectivity index (χ1) is 9.56. The van der Waals surface area contributed by atoms with E-state index in [1.54, 1.807) is 4.90 Å². The van der Waals surface area contributed by atoms with Crippen LogP contribution in [0.25, 0.3) is 0 Å². The van der Waals surface area contributed by atoms with Crippen molar-refractivity contribution in [3.63, 3.8) is 0 Å². The highest BCUT2D eigenvalue weighted by Crippen LogP contribution is 2.20. The quantitative estimate of drug-likeness (QED) is 0.697. The van der Waals surface area contributed by atoms with Gasteiger partial charge >= 0.3 is 12.0 Å². The average Bonchev–Trinajstić information content (AvgIpc) is 2.44. The lowest BCUT2D eigenvalue weighted by Gasteiger charge is -2.43. The number of hydrogen-bond acceptors (Lipinski definition) is 4. The molecule has 2 saturated heterocycles. The summed E-state index contributed by atoms with van der Waals surface area (Å²) in [5, 5.41) is 10.6. The molecule has 0 radical (unpaired) electrons. The summed E-state index contributed by atoms with van der Waals surface area (Å²) in [4.78, 5) is 37.6. The first kappa shape index (κ1) is 14.5. The third-order valence-electron chi connectivity index (χ3n) is 3.73. The van der Waals surface area contributed by atoms with Crippen LogP contribution in [0.1, 0.15) is 19.3 Å². The zero-order chi connectivity index (χ0) is 14.5. The van der Waals surface area contributed by atoms with E-state index < -0.39 is 17.9 Å². The maximum atomic E-state index is 11.9. The first-order valence-corrected chi connectivity index (χ1v) is 6.81. The van der Waals surface area contributed by atoms with Crippen LogP contribution in [0, 0.1) is 0 Å². The smallest absolute Gasteiger partial charge is 0.328 e. The van der Waals surface area contributed by atoms with Gasteiger partial charge in [-0.05, 0) is 19.4 Å². The number of carbonyl (C=O) groups is 3. The van der Waals surface area contributed by atoms with E-state index in [0.717, 1.165) is 25.6 Å². The van der Waals surface area contributed by atoms with Crippen LogP contribution in [-0.2, 0) is 9.59 Å². The number of urea groups is 1. The number of imide groups is 1. The summed E-state index contributed by atoms with van der Waals surface area (Å²) < 4.78 is 0. The van der Waals surface area contributed by atoms with Gasteiger partial charge in [-0.2, -0.15) is 0 Å². The minimum atomic E-state index is -1.22. The summed E-state index contributed by atoms with van der Waals surface area (Å²) in [5.74, 6) is -1.92. The number of nitrogens with one attached hydrogen (secondary N) is 1. The van der Waals surface area contributed by atoms with Gasteiger partial charge in [-0.1, -0.05) is 6.42 Å². The summed E-state index contributed by atoms with van der Waals surface area (Å²) in [5.41, 5.74) is 0. The standard InChI is InChI=1S/C13H19N3O4/c17-11(4-5-12(18)19)14-13(20)16-8-7-15-6-2-1-3-10(15)9-16/h4-5,10H,1-3,6-9H2,(H,18,19)(H,14,17,20)/b5-4+. The molecule has 0 aromatic heterocycles. The Morgan fingerprint density at radius 1 is 1.10 bits per heavy atom. The molecule has 2 N–H and O–H groups in total. The Balaban J connectivity index is 1.84. The van der Waals surface area contributed by atoms with Crippen LogP contribution in [-0.4, -0.2) is 65.0 Å². The zero-order valence-electron chi connectivity index (χ0n) is 11.2. The van der Waals surface area contributed by atoms with E-state index in [4.69, 9.17) is 5.11 Å². The summed E-state index contributed by atoms with van der Waals surface area (Å²) in [6, 6.07) is -0.0665. The molecule has 0 aromatic carbocycles. The SMILES string of the molecule is O=C(O)/C=C/C(=O)NC(=O)N1CCN2CCCCC2C1. The van der Waals surface area contributed by atoms with Crippen molar-refractivity contribution in [3.05, 3.63) is 12.2 Å². The summed E-state index contributed by atoms with van der Waals surface area (Å²) >= 11 is 0. The van der Waals surface area contributed by atoms with Crippen molar-refractivity contribution in [2.24, 2.45) is 0 Å². The Morgan fingerprint density at radius 3 is 2.65 bits per heavy atom. The minimum absolute atomic E-state index is 0.382. The molecule has 0 aliphatic carbocycles. The van der Waals surface area contributed by atoms with Crippen LogP contribution < -0.4 is 5.32 Å². The molecular formula is C13H19N3O4. The van der Waals surface area contributed by atoms with E-state index in [1.165, 1.54) is 12.8 Å². The van der Waals surface area contributed by atoms with Crippen molar-refractivity contribution in [3.8, 4) is 0 Å². The second kappa shape index (κ2) is 6.51. The summed E-state index contributed by atoms with van der Waals surface area (Å²) in [6.07, 6.45) is 5.02. The molecule has 110 valence electrons. The van der Waals surface area contributed by atoms with Gasteiger partial charge in [0.2, 0.25) is 0 Å². The lowest BCUT2D eigenvalue weighted by Crippen LogP contribution is -2.58. The van der Waals surface area contributed by atoms with E-state index in [2.05, 4.69) is 10.2 Å². The van der Waals surface area contributed by atoms with Crippen LogP contribution >= 0.6 is 0 Å². The van der Waals surface area contributed by atoms with E-state index in [1.807, 2.05) is 0 Å². The molecule has 2 rings (SSSR count). The molecule has 2 aliphatic heterocycles. The number of amides is 3. The number of carboxylic acid groups (broad SMARTS) is 1. The van der Waals surface area contributed by atoms with Crippen molar-refractivity contribution in [2.45, 2.75) is 25.3 Å². The molecule has 1 unspecified atom stereocenters. The van der Waals surface area contributed by atoms with Gasteiger partial charge in [0.25, 0.3) is 5.91 Å². The molecule has 3 amide bonds. The molecule has 2 heterocycles. The second-order valence-corrected chi connectivity index (χ2v) is 5.10. The normalized spacial score (nSPS) is 23.4. The fourth-order valence-electron chi connectivity index (χ4n) is 2.71. The number of hydrogen-bond donors (Lipinski definition) is 2. The second-order valence-electron chi connectivity index (χ2n) is 5.10. The van der Waals surface area contributed by atoms with Gasteiger partial charge in [0, 0.05) is 37.8 Å². The average molecular weight is 281 g/mol. The van der Waals surface area contributed by atoms with Crippen molar-refractivity contribution >= 4 is 17.9 Å². The minimum Gasteiger partial charge on any atom is -0.478 e. The number of piperazine rings is 1. The monoisotopic (exact) mass is 281 g/mol. The van der Waals surface area contributed by atoms with Crippen LogP contribution in [0.15, 0.2) is 12.2 Å². The lowest BCUT2D eigenvalue weighted by molar-refractivity contribution is -0.131. The molecule has 0 bridgehead atoms. The molecule has 0 aromatic rings. The number of fused-ring (bicyclic) bond motifs is 1. The van der Waals surface area contributed by atoms with Crippen LogP contribution in [0.5, 0.6) is 0 Å². The predicted octanol–water partition coefficient (Wildman–Crippen LogP) is 0.0335. The third-order valence-corrected chi connectivity index (χ3v) is 3.73.